The van der Waals surface area contributed by atoms with E-state index in [1.165, 1.54) is 14.2 Å². The van der Waals surface area contributed by atoms with Crippen LogP contribution in [0.25, 0.3) is 0 Å². The number of hydrogen-bond donors (Lipinski definition) is 3. The Morgan fingerprint density at radius 1 is 1.07 bits per heavy atom. The summed E-state index contributed by atoms with van der Waals surface area (Å²) in [5, 5.41) is 9.18. The standard InChI is InChI=1S/C19H29N3O4.ClH/c1-12(2)17(19(24)21-14-5-7-20-8-6-14)22-18(23)13-9-15(25-3)11-16(10-13)26-4;/h9-12,14,17,20H,5-8H2,1-4H3,(H,21,24)(H,22,23);1H. The second-order valence-electron chi connectivity index (χ2n) is 6.83. The molecule has 1 unspecified atom stereocenters. The van der Waals surface area contributed by atoms with Gasteiger partial charge in [0.2, 0.25) is 5.91 Å². The lowest BCUT2D eigenvalue weighted by atomic mass is 10.0. The summed E-state index contributed by atoms with van der Waals surface area (Å²) in [6.45, 7) is 5.62. The molecule has 8 heteroatoms. The summed E-state index contributed by atoms with van der Waals surface area (Å²) in [7, 11) is 3.06. The van der Waals surface area contributed by atoms with Gasteiger partial charge in [0.15, 0.2) is 0 Å². The first-order chi connectivity index (χ1) is 12.4. The summed E-state index contributed by atoms with van der Waals surface area (Å²) in [6.07, 6.45) is 1.80. The van der Waals surface area contributed by atoms with E-state index >= 15 is 0 Å². The Bertz CT molecular complexity index is 611. The zero-order chi connectivity index (χ0) is 19.1. The van der Waals surface area contributed by atoms with Crippen molar-refractivity contribution in [1.29, 1.82) is 0 Å². The van der Waals surface area contributed by atoms with Crippen LogP contribution in [-0.4, -0.2) is 51.2 Å². The monoisotopic (exact) mass is 399 g/mol. The first-order valence-corrected chi connectivity index (χ1v) is 8.99. The van der Waals surface area contributed by atoms with Crippen LogP contribution in [0.4, 0.5) is 0 Å². The normalized spacial score (nSPS) is 15.4. The maximum absolute atomic E-state index is 12.7. The van der Waals surface area contributed by atoms with Crippen LogP contribution in [0.15, 0.2) is 18.2 Å². The lowest BCUT2D eigenvalue weighted by molar-refractivity contribution is -0.124. The number of methoxy groups -OCH3 is 2. The number of benzene rings is 1. The molecule has 1 atom stereocenters. The predicted octanol–water partition coefficient (Wildman–Crippen LogP) is 1.75. The molecule has 1 aromatic carbocycles. The number of hydrogen-bond acceptors (Lipinski definition) is 5. The van der Waals surface area contributed by atoms with Crippen molar-refractivity contribution in [3.05, 3.63) is 23.8 Å². The Hall–Kier alpha value is -1.99. The van der Waals surface area contributed by atoms with Crippen molar-refractivity contribution in [2.45, 2.75) is 38.8 Å². The number of carbonyl (C=O) groups excluding carboxylic acids is 2. The van der Waals surface area contributed by atoms with Crippen LogP contribution in [0.3, 0.4) is 0 Å². The molecule has 152 valence electrons. The van der Waals surface area contributed by atoms with Crippen molar-refractivity contribution in [3.63, 3.8) is 0 Å². The molecule has 1 aromatic rings. The third-order valence-corrected chi connectivity index (χ3v) is 4.53. The van der Waals surface area contributed by atoms with Crippen LogP contribution < -0.4 is 25.4 Å². The highest BCUT2D eigenvalue weighted by Gasteiger charge is 2.27. The van der Waals surface area contributed by atoms with Gasteiger partial charge in [0.05, 0.1) is 14.2 Å². The van der Waals surface area contributed by atoms with Crippen LogP contribution in [0.1, 0.15) is 37.0 Å². The van der Waals surface area contributed by atoms with Gasteiger partial charge < -0.3 is 25.4 Å². The number of amides is 2. The van der Waals surface area contributed by atoms with E-state index in [1.54, 1.807) is 18.2 Å². The summed E-state index contributed by atoms with van der Waals surface area (Å²) in [5.74, 6) is 0.536. The average Bonchev–Trinajstić information content (AvgIpc) is 2.65. The molecule has 1 aliphatic rings. The third kappa shape index (κ3) is 6.59. The molecule has 1 aliphatic heterocycles. The summed E-state index contributed by atoms with van der Waals surface area (Å²) >= 11 is 0. The zero-order valence-electron chi connectivity index (χ0n) is 16.3. The molecule has 1 heterocycles. The lowest BCUT2D eigenvalue weighted by Gasteiger charge is -2.28. The maximum Gasteiger partial charge on any atom is 0.252 e. The second kappa shape index (κ2) is 11.0. The van der Waals surface area contributed by atoms with Crippen molar-refractivity contribution >= 4 is 24.2 Å². The van der Waals surface area contributed by atoms with E-state index in [9.17, 15) is 9.59 Å². The van der Waals surface area contributed by atoms with Gasteiger partial charge >= 0.3 is 0 Å². The quantitative estimate of drug-likeness (QED) is 0.650. The van der Waals surface area contributed by atoms with E-state index in [2.05, 4.69) is 16.0 Å². The molecule has 0 bridgehead atoms. The van der Waals surface area contributed by atoms with Gasteiger partial charge in [-0.05, 0) is 44.0 Å². The van der Waals surface area contributed by atoms with Crippen molar-refractivity contribution in [2.24, 2.45) is 5.92 Å². The number of rotatable bonds is 7. The Morgan fingerprint density at radius 2 is 1.63 bits per heavy atom. The number of piperidine rings is 1. The largest absolute Gasteiger partial charge is 0.497 e. The summed E-state index contributed by atoms with van der Waals surface area (Å²) < 4.78 is 10.4. The molecule has 0 saturated carbocycles. The van der Waals surface area contributed by atoms with E-state index in [0.717, 1.165) is 25.9 Å². The fourth-order valence-electron chi connectivity index (χ4n) is 2.96. The predicted molar refractivity (Wildman–Crippen MR) is 107 cm³/mol. The van der Waals surface area contributed by atoms with Gasteiger partial charge in [-0.15, -0.1) is 12.4 Å². The summed E-state index contributed by atoms with van der Waals surface area (Å²) in [6, 6.07) is 4.49. The van der Waals surface area contributed by atoms with Crippen molar-refractivity contribution < 1.29 is 19.1 Å². The second-order valence-corrected chi connectivity index (χ2v) is 6.83. The van der Waals surface area contributed by atoms with Crippen LogP contribution >= 0.6 is 12.4 Å². The van der Waals surface area contributed by atoms with Gasteiger partial charge in [-0.25, -0.2) is 0 Å². The molecule has 0 spiro atoms. The molecular weight excluding hydrogens is 370 g/mol. The molecule has 1 fully saturated rings. The molecule has 0 aromatic heterocycles. The molecule has 0 radical (unpaired) electrons. The Balaban J connectivity index is 0.00000364. The van der Waals surface area contributed by atoms with E-state index < -0.39 is 6.04 Å². The number of ether oxygens (including phenoxy) is 2. The molecule has 7 nitrogen and oxygen atoms in total. The van der Waals surface area contributed by atoms with E-state index in [4.69, 9.17) is 9.47 Å². The minimum Gasteiger partial charge on any atom is -0.497 e. The van der Waals surface area contributed by atoms with E-state index in [0.29, 0.717) is 17.1 Å². The zero-order valence-corrected chi connectivity index (χ0v) is 17.2. The molecule has 2 rings (SSSR count). The van der Waals surface area contributed by atoms with Gasteiger partial charge in [0.25, 0.3) is 5.91 Å². The average molecular weight is 400 g/mol. The van der Waals surface area contributed by atoms with Gasteiger partial charge in [-0.1, -0.05) is 13.8 Å². The minimum absolute atomic E-state index is 0. The number of carbonyl (C=O) groups is 2. The van der Waals surface area contributed by atoms with Crippen molar-refractivity contribution in [3.8, 4) is 11.5 Å². The Morgan fingerprint density at radius 3 is 2.11 bits per heavy atom. The van der Waals surface area contributed by atoms with Crippen LogP contribution in [0.5, 0.6) is 11.5 Å². The highest BCUT2D eigenvalue weighted by atomic mass is 35.5. The smallest absolute Gasteiger partial charge is 0.252 e. The number of halogens is 1. The molecule has 27 heavy (non-hydrogen) atoms. The number of nitrogens with one attached hydrogen (secondary N) is 3. The third-order valence-electron chi connectivity index (χ3n) is 4.53. The molecule has 2 amide bonds. The summed E-state index contributed by atoms with van der Waals surface area (Å²) in [5.41, 5.74) is 0.390. The summed E-state index contributed by atoms with van der Waals surface area (Å²) in [4.78, 5) is 25.4. The molecule has 1 saturated heterocycles. The fourth-order valence-corrected chi connectivity index (χ4v) is 2.96. The highest BCUT2D eigenvalue weighted by Crippen LogP contribution is 2.22. The lowest BCUT2D eigenvalue weighted by Crippen LogP contribution is -2.53. The van der Waals surface area contributed by atoms with Gasteiger partial charge in [0, 0.05) is 17.7 Å². The van der Waals surface area contributed by atoms with E-state index in [1.807, 2.05) is 13.8 Å². The fraction of sp³-hybridized carbons (Fsp3) is 0.579. The van der Waals surface area contributed by atoms with Gasteiger partial charge in [0.1, 0.15) is 17.5 Å². The first kappa shape index (κ1) is 23.0. The first-order valence-electron chi connectivity index (χ1n) is 8.99. The minimum atomic E-state index is -0.602. The highest BCUT2D eigenvalue weighted by molar-refractivity contribution is 5.98. The van der Waals surface area contributed by atoms with Crippen LogP contribution in [-0.2, 0) is 4.79 Å². The Kier molecular flexibility index (Phi) is 9.38. The maximum atomic E-state index is 12.7. The topological polar surface area (TPSA) is 88.7 Å². The molecule has 0 aliphatic carbocycles. The van der Waals surface area contributed by atoms with Gasteiger partial charge in [-0.2, -0.15) is 0 Å². The van der Waals surface area contributed by atoms with Crippen LogP contribution in [0, 0.1) is 5.92 Å². The molecular formula is C19H30ClN3O4. The Labute approximate surface area is 167 Å². The SMILES string of the molecule is COc1cc(OC)cc(C(=O)NC(C(=O)NC2CCNCC2)C(C)C)c1.Cl. The van der Waals surface area contributed by atoms with Crippen molar-refractivity contribution in [2.75, 3.05) is 27.3 Å². The van der Waals surface area contributed by atoms with Crippen LogP contribution in [0.2, 0.25) is 0 Å². The van der Waals surface area contributed by atoms with E-state index in [-0.39, 0.29) is 36.2 Å². The molecule has 3 N–H and O–H groups in total. The van der Waals surface area contributed by atoms with Crippen molar-refractivity contribution in [1.82, 2.24) is 16.0 Å². The van der Waals surface area contributed by atoms with Gasteiger partial charge in [-0.3, -0.25) is 9.59 Å².